The van der Waals surface area contributed by atoms with Crippen LogP contribution in [0.2, 0.25) is 0 Å². The van der Waals surface area contributed by atoms with Crippen LogP contribution >= 0.6 is 0 Å². The highest BCUT2D eigenvalue weighted by molar-refractivity contribution is 5.81. The van der Waals surface area contributed by atoms with Gasteiger partial charge in [0.1, 0.15) is 28.7 Å². The van der Waals surface area contributed by atoms with Crippen LogP contribution in [0.1, 0.15) is 85.2 Å². The monoisotopic (exact) mass is 586 g/mol. The SMILES string of the molecule is CC[C@H](C)[C@@H](C(=O)N1CCN(C(=O)OC(C)(C)C)CC1)n1cc([C@H](Cc2ccc(O)cc2)NC(=O)OC(C)(C)C)nn1. The number of nitrogens with one attached hydrogen (secondary N) is 1. The molecule has 1 aromatic heterocycles. The molecule has 0 radical (unpaired) electrons. The lowest BCUT2D eigenvalue weighted by molar-refractivity contribution is -0.138. The molecule has 0 bridgehead atoms. The Kier molecular flexibility index (Phi) is 10.5. The molecule has 2 aromatic rings. The average Bonchev–Trinajstić information content (AvgIpc) is 3.37. The molecule has 1 aliphatic rings. The van der Waals surface area contributed by atoms with E-state index in [1.165, 1.54) is 0 Å². The first kappa shape index (κ1) is 32.7. The molecule has 0 unspecified atom stereocenters. The van der Waals surface area contributed by atoms with E-state index in [-0.39, 0.29) is 23.7 Å². The number of aromatic hydroxyl groups is 1. The Morgan fingerprint density at radius 1 is 0.952 bits per heavy atom. The molecule has 12 nitrogen and oxygen atoms in total. The van der Waals surface area contributed by atoms with Gasteiger partial charge in [-0.25, -0.2) is 14.3 Å². The minimum Gasteiger partial charge on any atom is -0.508 e. The Balaban J connectivity index is 1.80. The molecule has 0 saturated carbocycles. The van der Waals surface area contributed by atoms with Gasteiger partial charge in [-0.2, -0.15) is 0 Å². The quantitative estimate of drug-likeness (QED) is 0.462. The standard InChI is InChI=1S/C30H46N6O6/c1-9-20(2)25(26(38)34-14-16-35(17-15-34)28(40)42-30(6,7)8)36-19-24(32-33-36)23(31-27(39)41-29(3,4)5)18-21-10-12-22(37)13-11-21/h10-13,19-20,23,25,37H,9,14-18H2,1-8H3,(H,31,39)/t20-,23-,25-/m0/s1. The fraction of sp³-hybridized carbons (Fsp3) is 0.633. The van der Waals surface area contributed by atoms with Crippen LogP contribution in [0.5, 0.6) is 5.75 Å². The maximum Gasteiger partial charge on any atom is 0.410 e. The third-order valence-electron chi connectivity index (χ3n) is 6.92. The summed E-state index contributed by atoms with van der Waals surface area (Å²) in [6.45, 7) is 16.4. The van der Waals surface area contributed by atoms with Crippen molar-refractivity contribution in [2.45, 2.75) is 91.5 Å². The van der Waals surface area contributed by atoms with Crippen molar-refractivity contribution in [2.24, 2.45) is 5.92 Å². The number of aromatic nitrogens is 3. The van der Waals surface area contributed by atoms with E-state index in [0.717, 1.165) is 12.0 Å². The van der Waals surface area contributed by atoms with Crippen LogP contribution in [0.15, 0.2) is 30.5 Å². The molecule has 1 saturated heterocycles. The third kappa shape index (κ3) is 9.35. The number of hydrogen-bond donors (Lipinski definition) is 2. The van der Waals surface area contributed by atoms with Crippen molar-refractivity contribution in [2.75, 3.05) is 26.2 Å². The first-order valence-corrected chi connectivity index (χ1v) is 14.5. The third-order valence-corrected chi connectivity index (χ3v) is 6.92. The number of rotatable bonds is 8. The van der Waals surface area contributed by atoms with Crippen LogP contribution in [0, 0.1) is 5.92 Å². The summed E-state index contributed by atoms with van der Waals surface area (Å²) in [6, 6.07) is 5.49. The zero-order chi connectivity index (χ0) is 31.2. The normalized spacial score (nSPS) is 16.4. The molecule has 3 atom stereocenters. The zero-order valence-corrected chi connectivity index (χ0v) is 26.1. The van der Waals surface area contributed by atoms with Gasteiger partial charge in [0.2, 0.25) is 5.91 Å². The largest absolute Gasteiger partial charge is 0.508 e. The predicted octanol–water partition coefficient (Wildman–Crippen LogP) is 4.46. The maximum atomic E-state index is 13.8. The Bertz CT molecular complexity index is 1210. The summed E-state index contributed by atoms with van der Waals surface area (Å²) < 4.78 is 12.5. The first-order valence-electron chi connectivity index (χ1n) is 14.5. The van der Waals surface area contributed by atoms with E-state index in [9.17, 15) is 19.5 Å². The molecule has 2 N–H and O–H groups in total. The van der Waals surface area contributed by atoms with Crippen molar-refractivity contribution in [3.05, 3.63) is 41.7 Å². The first-order chi connectivity index (χ1) is 19.6. The van der Waals surface area contributed by atoms with Gasteiger partial charge in [-0.1, -0.05) is 37.6 Å². The molecule has 0 aliphatic carbocycles. The van der Waals surface area contributed by atoms with E-state index in [1.54, 1.807) is 65.7 Å². The minimum atomic E-state index is -0.688. The smallest absolute Gasteiger partial charge is 0.410 e. The predicted molar refractivity (Wildman–Crippen MR) is 157 cm³/mol. The number of phenolic OH excluding ortho intramolecular Hbond substituents is 1. The molecule has 3 amide bonds. The van der Waals surface area contributed by atoms with Crippen molar-refractivity contribution < 1.29 is 29.0 Å². The summed E-state index contributed by atoms with van der Waals surface area (Å²) in [5.74, 6) is -0.00620. The molecule has 232 valence electrons. The fourth-order valence-corrected chi connectivity index (χ4v) is 4.60. The van der Waals surface area contributed by atoms with Gasteiger partial charge < -0.3 is 29.7 Å². The number of benzene rings is 1. The molecule has 0 spiro atoms. The lowest BCUT2D eigenvalue weighted by atomic mass is 9.97. The minimum absolute atomic E-state index is 0.0506. The van der Waals surface area contributed by atoms with Gasteiger partial charge >= 0.3 is 12.2 Å². The number of carbonyl (C=O) groups is 3. The number of carbonyl (C=O) groups excluding carboxylic acids is 3. The van der Waals surface area contributed by atoms with E-state index in [1.807, 2.05) is 34.6 Å². The highest BCUT2D eigenvalue weighted by Crippen LogP contribution is 2.26. The van der Waals surface area contributed by atoms with Gasteiger partial charge in [0.15, 0.2) is 0 Å². The maximum absolute atomic E-state index is 13.8. The number of piperazine rings is 1. The molecule has 1 fully saturated rings. The van der Waals surface area contributed by atoms with Crippen molar-refractivity contribution in [1.29, 1.82) is 0 Å². The highest BCUT2D eigenvalue weighted by atomic mass is 16.6. The summed E-state index contributed by atoms with van der Waals surface area (Å²) >= 11 is 0. The van der Waals surface area contributed by atoms with Crippen molar-refractivity contribution in [3.8, 4) is 5.75 Å². The Morgan fingerprint density at radius 2 is 1.52 bits per heavy atom. The Morgan fingerprint density at radius 3 is 2.07 bits per heavy atom. The second-order valence-electron chi connectivity index (χ2n) is 12.8. The number of phenols is 1. The summed E-state index contributed by atoms with van der Waals surface area (Å²) in [4.78, 5) is 42.4. The highest BCUT2D eigenvalue weighted by Gasteiger charge is 2.35. The lowest BCUT2D eigenvalue weighted by Crippen LogP contribution is -2.53. The van der Waals surface area contributed by atoms with Crippen LogP contribution < -0.4 is 5.32 Å². The van der Waals surface area contributed by atoms with Gasteiger partial charge in [-0.15, -0.1) is 5.10 Å². The number of amides is 3. The van der Waals surface area contributed by atoms with Gasteiger partial charge in [-0.3, -0.25) is 4.79 Å². The van der Waals surface area contributed by atoms with E-state index in [4.69, 9.17) is 9.47 Å². The molecule has 2 heterocycles. The van der Waals surface area contributed by atoms with Gasteiger partial charge in [0.25, 0.3) is 0 Å². The number of nitrogens with zero attached hydrogens (tertiary/aromatic N) is 5. The molecular formula is C30H46N6O6. The molecule has 1 aliphatic heterocycles. The average molecular weight is 587 g/mol. The van der Waals surface area contributed by atoms with Crippen molar-refractivity contribution in [1.82, 2.24) is 30.1 Å². The van der Waals surface area contributed by atoms with E-state index in [2.05, 4.69) is 15.6 Å². The van der Waals surface area contributed by atoms with Crippen LogP contribution in [0.3, 0.4) is 0 Å². The summed E-state index contributed by atoms with van der Waals surface area (Å²) in [6.07, 6.45) is 1.82. The fourth-order valence-electron chi connectivity index (χ4n) is 4.60. The number of hydrogen-bond acceptors (Lipinski definition) is 8. The Labute approximate surface area is 248 Å². The van der Waals surface area contributed by atoms with Crippen LogP contribution in [-0.4, -0.2) is 85.4 Å². The van der Waals surface area contributed by atoms with Gasteiger partial charge in [-0.05, 0) is 71.6 Å². The second kappa shape index (κ2) is 13.4. The molecular weight excluding hydrogens is 540 g/mol. The van der Waals surface area contributed by atoms with Crippen molar-refractivity contribution >= 4 is 18.1 Å². The van der Waals surface area contributed by atoms with Gasteiger partial charge in [0.05, 0.1) is 12.2 Å². The van der Waals surface area contributed by atoms with Crippen LogP contribution in [0.25, 0.3) is 0 Å². The summed E-state index contributed by atoms with van der Waals surface area (Å²) in [7, 11) is 0. The molecule has 3 rings (SSSR count). The zero-order valence-electron chi connectivity index (χ0n) is 26.1. The van der Waals surface area contributed by atoms with E-state index >= 15 is 0 Å². The Hall–Kier alpha value is -3.83. The van der Waals surface area contributed by atoms with E-state index < -0.39 is 29.4 Å². The lowest BCUT2D eigenvalue weighted by Gasteiger charge is -2.37. The summed E-state index contributed by atoms with van der Waals surface area (Å²) in [5.41, 5.74) is 0.0621. The van der Waals surface area contributed by atoms with Crippen LogP contribution in [0.4, 0.5) is 9.59 Å². The molecule has 1 aromatic carbocycles. The van der Waals surface area contributed by atoms with Gasteiger partial charge in [0, 0.05) is 26.2 Å². The number of alkyl carbamates (subject to hydrolysis) is 1. The number of ether oxygens (including phenoxy) is 2. The molecule has 12 heteroatoms. The topological polar surface area (TPSA) is 139 Å². The summed E-state index contributed by atoms with van der Waals surface area (Å²) in [5, 5.41) is 21.3. The van der Waals surface area contributed by atoms with Crippen molar-refractivity contribution in [3.63, 3.8) is 0 Å². The van der Waals surface area contributed by atoms with E-state index in [0.29, 0.717) is 38.3 Å². The molecule has 42 heavy (non-hydrogen) atoms. The second-order valence-corrected chi connectivity index (χ2v) is 12.8. The van der Waals surface area contributed by atoms with Crippen LogP contribution in [-0.2, 0) is 20.7 Å².